The van der Waals surface area contributed by atoms with Crippen LogP contribution in [0.4, 0.5) is 0 Å². The van der Waals surface area contributed by atoms with Crippen LogP contribution in [0.15, 0.2) is 18.3 Å². The van der Waals surface area contributed by atoms with Gasteiger partial charge in [-0.3, -0.25) is 4.98 Å². The van der Waals surface area contributed by atoms with Gasteiger partial charge in [-0.25, -0.2) is 0 Å². The van der Waals surface area contributed by atoms with E-state index < -0.39 is 0 Å². The number of aryl methyl sites for hydroxylation is 1. The second kappa shape index (κ2) is 8.53. The van der Waals surface area contributed by atoms with Crippen molar-refractivity contribution in [2.24, 2.45) is 11.8 Å². The van der Waals surface area contributed by atoms with E-state index in [2.05, 4.69) is 49.4 Å². The lowest BCUT2D eigenvalue weighted by atomic mass is 9.70. The topological polar surface area (TPSA) is 24.9 Å². The Morgan fingerprint density at radius 3 is 2.71 bits per heavy atom. The smallest absolute Gasteiger partial charge is 0.0372 e. The normalized spacial score (nSPS) is 26.0. The van der Waals surface area contributed by atoms with Crippen LogP contribution in [0.25, 0.3) is 0 Å². The zero-order valence-corrected chi connectivity index (χ0v) is 14.1. The molecule has 0 bridgehead atoms. The minimum absolute atomic E-state index is 0.702. The number of hydrogen-bond acceptors (Lipinski definition) is 2. The zero-order chi connectivity index (χ0) is 15.1. The Labute approximate surface area is 130 Å². The Hall–Kier alpha value is -0.890. The van der Waals surface area contributed by atoms with E-state index in [0.717, 1.165) is 24.1 Å². The minimum Gasteiger partial charge on any atom is -0.316 e. The molecule has 0 amide bonds. The van der Waals surface area contributed by atoms with Crippen molar-refractivity contribution in [2.45, 2.75) is 65.2 Å². The fourth-order valence-corrected chi connectivity index (χ4v) is 3.81. The molecule has 3 atom stereocenters. The lowest BCUT2D eigenvalue weighted by Crippen LogP contribution is -2.32. The molecule has 1 aromatic rings. The fourth-order valence-electron chi connectivity index (χ4n) is 3.81. The molecule has 1 saturated carbocycles. The molecule has 1 fully saturated rings. The van der Waals surface area contributed by atoms with Gasteiger partial charge in [-0.05, 0) is 68.7 Å². The van der Waals surface area contributed by atoms with E-state index >= 15 is 0 Å². The van der Waals surface area contributed by atoms with Gasteiger partial charge in [0.15, 0.2) is 0 Å². The van der Waals surface area contributed by atoms with Crippen molar-refractivity contribution in [2.75, 3.05) is 13.1 Å². The maximum atomic E-state index is 4.54. The predicted octanol–water partition coefficient (Wildman–Crippen LogP) is 4.69. The summed E-state index contributed by atoms with van der Waals surface area (Å²) in [6.07, 6.45) is 10.2. The molecule has 0 radical (unpaired) electrons. The van der Waals surface area contributed by atoms with E-state index in [1.807, 2.05) is 0 Å². The number of pyridine rings is 1. The van der Waals surface area contributed by atoms with Crippen molar-refractivity contribution in [1.82, 2.24) is 10.3 Å². The summed E-state index contributed by atoms with van der Waals surface area (Å²) >= 11 is 0. The minimum atomic E-state index is 0.702. The lowest BCUT2D eigenvalue weighted by molar-refractivity contribution is 0.220. The van der Waals surface area contributed by atoms with E-state index in [0.29, 0.717) is 5.92 Å². The van der Waals surface area contributed by atoms with Crippen LogP contribution in [0.5, 0.6) is 0 Å². The summed E-state index contributed by atoms with van der Waals surface area (Å²) in [4.78, 5) is 4.54. The molecule has 1 heterocycles. The Kier molecular flexibility index (Phi) is 6.69. The van der Waals surface area contributed by atoms with Crippen molar-refractivity contribution in [3.05, 3.63) is 29.6 Å². The maximum Gasteiger partial charge on any atom is 0.0372 e. The summed E-state index contributed by atoms with van der Waals surface area (Å²) in [7, 11) is 0. The third-order valence-electron chi connectivity index (χ3n) is 4.99. The molecule has 118 valence electrons. The average molecular weight is 288 g/mol. The fraction of sp³-hybridized carbons (Fsp3) is 0.737. The Morgan fingerprint density at radius 1 is 1.19 bits per heavy atom. The Balaban J connectivity index is 2.05. The highest BCUT2D eigenvalue weighted by Gasteiger charge is 2.31. The van der Waals surface area contributed by atoms with E-state index in [1.54, 1.807) is 0 Å². The number of rotatable bonds is 7. The van der Waals surface area contributed by atoms with Crippen LogP contribution in [0.3, 0.4) is 0 Å². The van der Waals surface area contributed by atoms with Crippen molar-refractivity contribution < 1.29 is 0 Å². The number of nitrogens with one attached hydrogen (secondary N) is 1. The van der Waals surface area contributed by atoms with Crippen molar-refractivity contribution in [3.63, 3.8) is 0 Å². The second-order valence-electron chi connectivity index (χ2n) is 6.77. The van der Waals surface area contributed by atoms with Crippen LogP contribution in [0.2, 0.25) is 0 Å². The molecule has 21 heavy (non-hydrogen) atoms. The molecule has 1 aliphatic carbocycles. The van der Waals surface area contributed by atoms with Crippen molar-refractivity contribution in [1.29, 1.82) is 0 Å². The third kappa shape index (κ3) is 4.81. The first-order chi connectivity index (χ1) is 10.2. The summed E-state index contributed by atoms with van der Waals surface area (Å²) in [6.45, 7) is 8.95. The van der Waals surface area contributed by atoms with E-state index in [1.165, 1.54) is 50.6 Å². The molecule has 1 N–H and O–H groups in total. The molecule has 0 aliphatic heterocycles. The molecule has 0 saturated heterocycles. The highest BCUT2D eigenvalue weighted by Crippen LogP contribution is 2.41. The van der Waals surface area contributed by atoms with Gasteiger partial charge in [0.25, 0.3) is 0 Å². The molecular formula is C19H32N2. The van der Waals surface area contributed by atoms with Crippen LogP contribution in [0.1, 0.15) is 69.5 Å². The van der Waals surface area contributed by atoms with Gasteiger partial charge in [0.1, 0.15) is 0 Å². The van der Waals surface area contributed by atoms with Gasteiger partial charge in [-0.2, -0.15) is 0 Å². The van der Waals surface area contributed by atoms with Gasteiger partial charge in [-0.1, -0.05) is 39.2 Å². The Morgan fingerprint density at radius 2 is 2.05 bits per heavy atom. The van der Waals surface area contributed by atoms with Crippen LogP contribution in [-0.2, 0) is 0 Å². The monoisotopic (exact) mass is 288 g/mol. The van der Waals surface area contributed by atoms with E-state index in [4.69, 9.17) is 0 Å². The quantitative estimate of drug-likeness (QED) is 0.736. The van der Waals surface area contributed by atoms with Crippen LogP contribution >= 0.6 is 0 Å². The average Bonchev–Trinajstić information content (AvgIpc) is 2.50. The second-order valence-corrected chi connectivity index (χ2v) is 6.77. The van der Waals surface area contributed by atoms with Crippen LogP contribution < -0.4 is 5.32 Å². The standard InChI is InChI=1S/C19H32N2/c1-4-6-16-8-10-17(13-20-11-5-2)19(12-16)18-9-7-15(3)21-14-18/h7,9,14,16-17,19-20H,4-6,8,10-13H2,1-3H3. The van der Waals surface area contributed by atoms with Gasteiger partial charge in [-0.15, -0.1) is 0 Å². The Bertz CT molecular complexity index is 399. The summed E-state index contributed by atoms with van der Waals surface area (Å²) < 4.78 is 0. The highest BCUT2D eigenvalue weighted by molar-refractivity contribution is 5.19. The first-order valence-corrected chi connectivity index (χ1v) is 8.87. The third-order valence-corrected chi connectivity index (χ3v) is 4.99. The lowest BCUT2D eigenvalue weighted by Gasteiger charge is -2.36. The summed E-state index contributed by atoms with van der Waals surface area (Å²) in [5.74, 6) is 2.41. The predicted molar refractivity (Wildman–Crippen MR) is 90.6 cm³/mol. The van der Waals surface area contributed by atoms with Gasteiger partial charge in [0, 0.05) is 11.9 Å². The van der Waals surface area contributed by atoms with Crippen LogP contribution in [0, 0.1) is 18.8 Å². The van der Waals surface area contributed by atoms with Crippen molar-refractivity contribution >= 4 is 0 Å². The molecule has 2 heteroatoms. The molecule has 0 aromatic carbocycles. The molecular weight excluding hydrogens is 256 g/mol. The van der Waals surface area contributed by atoms with Gasteiger partial charge < -0.3 is 5.32 Å². The summed E-state index contributed by atoms with van der Waals surface area (Å²) in [6, 6.07) is 4.49. The molecule has 3 unspecified atom stereocenters. The number of aromatic nitrogens is 1. The van der Waals surface area contributed by atoms with Gasteiger partial charge >= 0.3 is 0 Å². The maximum absolute atomic E-state index is 4.54. The largest absolute Gasteiger partial charge is 0.316 e. The number of hydrogen-bond donors (Lipinski definition) is 1. The first kappa shape index (κ1) is 16.5. The first-order valence-electron chi connectivity index (χ1n) is 8.87. The van der Waals surface area contributed by atoms with Crippen molar-refractivity contribution in [3.8, 4) is 0 Å². The molecule has 1 aromatic heterocycles. The SMILES string of the molecule is CCCNCC1CCC(CCC)CC1c1ccc(C)nc1. The van der Waals surface area contributed by atoms with Gasteiger partial charge in [0.05, 0.1) is 0 Å². The molecule has 0 spiro atoms. The molecule has 2 nitrogen and oxygen atoms in total. The summed E-state index contributed by atoms with van der Waals surface area (Å²) in [5, 5.41) is 3.64. The highest BCUT2D eigenvalue weighted by atomic mass is 14.9. The van der Waals surface area contributed by atoms with E-state index in [-0.39, 0.29) is 0 Å². The zero-order valence-electron chi connectivity index (χ0n) is 14.1. The number of nitrogens with zero attached hydrogens (tertiary/aromatic N) is 1. The van der Waals surface area contributed by atoms with Gasteiger partial charge in [0.2, 0.25) is 0 Å². The summed E-state index contributed by atoms with van der Waals surface area (Å²) in [5.41, 5.74) is 2.59. The molecule has 2 rings (SSSR count). The van der Waals surface area contributed by atoms with E-state index in [9.17, 15) is 0 Å². The van der Waals surface area contributed by atoms with Crippen LogP contribution in [-0.4, -0.2) is 18.1 Å². The molecule has 1 aliphatic rings.